The third kappa shape index (κ3) is 4.86. The predicted molar refractivity (Wildman–Crippen MR) is 84.4 cm³/mol. The number of carbonyl (C=O) groups excluding carboxylic acids is 1. The number of nitrogens with one attached hydrogen (secondary N) is 3. The lowest BCUT2D eigenvalue weighted by Crippen LogP contribution is -2.25. The zero-order valence-corrected chi connectivity index (χ0v) is 13.1. The zero-order valence-electron chi connectivity index (χ0n) is 13.1. The molecule has 2 rings (SSSR count). The Balaban J connectivity index is 2.18. The first-order chi connectivity index (χ1) is 10.9. The number of hydrogen-bond acceptors (Lipinski definition) is 3. The summed E-state index contributed by atoms with van der Waals surface area (Å²) in [5.74, 6) is -0.444. The normalized spacial score (nSPS) is 18.0. The van der Waals surface area contributed by atoms with E-state index in [1.807, 2.05) is 6.92 Å². The van der Waals surface area contributed by atoms with Crippen molar-refractivity contribution >= 4 is 17.3 Å². The van der Waals surface area contributed by atoms with Crippen LogP contribution in [0.5, 0.6) is 0 Å². The van der Waals surface area contributed by atoms with Crippen molar-refractivity contribution in [2.75, 3.05) is 30.3 Å². The van der Waals surface area contributed by atoms with Gasteiger partial charge in [0.15, 0.2) is 0 Å². The van der Waals surface area contributed by atoms with E-state index in [4.69, 9.17) is 0 Å². The molecule has 1 aliphatic rings. The summed E-state index contributed by atoms with van der Waals surface area (Å²) in [5.41, 5.74) is -0.0584. The van der Waals surface area contributed by atoms with Crippen LogP contribution < -0.4 is 16.0 Å². The molecular formula is C16H22F3N3O. The van der Waals surface area contributed by atoms with Gasteiger partial charge in [0.05, 0.1) is 22.9 Å². The average molecular weight is 329 g/mol. The SMILES string of the molecule is CCCCNc1ccc(C(F)(F)F)cc1NC(=O)C1CCNC1. The van der Waals surface area contributed by atoms with E-state index in [-0.39, 0.29) is 17.5 Å². The van der Waals surface area contributed by atoms with Crippen molar-refractivity contribution in [3.63, 3.8) is 0 Å². The minimum Gasteiger partial charge on any atom is -0.383 e. The van der Waals surface area contributed by atoms with Gasteiger partial charge < -0.3 is 16.0 Å². The molecular weight excluding hydrogens is 307 g/mol. The fourth-order valence-electron chi connectivity index (χ4n) is 2.49. The minimum atomic E-state index is -4.43. The van der Waals surface area contributed by atoms with Crippen LogP contribution in [0.2, 0.25) is 0 Å². The predicted octanol–water partition coefficient (Wildman–Crippen LogP) is 3.47. The van der Waals surface area contributed by atoms with Gasteiger partial charge in [-0.05, 0) is 37.6 Å². The highest BCUT2D eigenvalue weighted by Gasteiger charge is 2.31. The summed E-state index contributed by atoms with van der Waals surface area (Å²) in [5, 5.41) is 8.82. The summed E-state index contributed by atoms with van der Waals surface area (Å²) in [6.07, 6.45) is -1.86. The van der Waals surface area contributed by atoms with Crippen LogP contribution in [0.25, 0.3) is 0 Å². The molecule has 0 spiro atoms. The number of anilines is 2. The number of unbranched alkanes of at least 4 members (excludes halogenated alkanes) is 1. The molecule has 1 heterocycles. The maximum absolute atomic E-state index is 12.9. The van der Waals surface area contributed by atoms with Crippen molar-refractivity contribution in [2.45, 2.75) is 32.4 Å². The van der Waals surface area contributed by atoms with Gasteiger partial charge in [0, 0.05) is 13.1 Å². The molecule has 0 aliphatic carbocycles. The average Bonchev–Trinajstić information content (AvgIpc) is 3.02. The Labute approximate surface area is 133 Å². The van der Waals surface area contributed by atoms with Gasteiger partial charge >= 0.3 is 6.18 Å². The number of halogens is 3. The zero-order chi connectivity index (χ0) is 16.9. The molecule has 1 amide bonds. The van der Waals surface area contributed by atoms with Gasteiger partial charge in [0.2, 0.25) is 5.91 Å². The van der Waals surface area contributed by atoms with Crippen LogP contribution in [0.15, 0.2) is 18.2 Å². The van der Waals surface area contributed by atoms with Crippen LogP contribution in [-0.4, -0.2) is 25.5 Å². The summed E-state index contributed by atoms with van der Waals surface area (Å²) in [4.78, 5) is 12.2. The van der Waals surface area contributed by atoms with Crippen molar-refractivity contribution in [3.8, 4) is 0 Å². The molecule has 23 heavy (non-hydrogen) atoms. The first kappa shape index (κ1) is 17.6. The van der Waals surface area contributed by atoms with E-state index in [1.54, 1.807) is 0 Å². The van der Waals surface area contributed by atoms with Crippen molar-refractivity contribution in [2.24, 2.45) is 5.92 Å². The molecule has 7 heteroatoms. The van der Waals surface area contributed by atoms with Crippen LogP contribution in [-0.2, 0) is 11.0 Å². The van der Waals surface area contributed by atoms with E-state index < -0.39 is 11.7 Å². The Kier molecular flexibility index (Phi) is 5.87. The molecule has 1 fully saturated rings. The van der Waals surface area contributed by atoms with Gasteiger partial charge in [-0.2, -0.15) is 13.2 Å². The van der Waals surface area contributed by atoms with Crippen LogP contribution in [0.4, 0.5) is 24.5 Å². The lowest BCUT2D eigenvalue weighted by molar-refractivity contribution is -0.137. The monoisotopic (exact) mass is 329 g/mol. The van der Waals surface area contributed by atoms with Crippen molar-refractivity contribution < 1.29 is 18.0 Å². The van der Waals surface area contributed by atoms with Crippen molar-refractivity contribution in [3.05, 3.63) is 23.8 Å². The quantitative estimate of drug-likeness (QED) is 0.701. The second-order valence-corrected chi connectivity index (χ2v) is 5.72. The number of benzene rings is 1. The summed E-state index contributed by atoms with van der Waals surface area (Å²) >= 11 is 0. The van der Waals surface area contributed by atoms with Crippen LogP contribution in [0.3, 0.4) is 0 Å². The van der Waals surface area contributed by atoms with Gasteiger partial charge in [-0.1, -0.05) is 13.3 Å². The van der Waals surface area contributed by atoms with Gasteiger partial charge in [-0.25, -0.2) is 0 Å². The topological polar surface area (TPSA) is 53.2 Å². The standard InChI is InChI=1S/C16H22F3N3O/c1-2-3-7-21-13-5-4-12(16(17,18)19)9-14(13)22-15(23)11-6-8-20-10-11/h4-5,9,11,20-21H,2-3,6-8,10H2,1H3,(H,22,23). The van der Waals surface area contributed by atoms with Crippen molar-refractivity contribution in [1.29, 1.82) is 0 Å². The third-order valence-electron chi connectivity index (χ3n) is 3.88. The van der Waals surface area contributed by atoms with Gasteiger partial charge in [-0.15, -0.1) is 0 Å². The van der Waals surface area contributed by atoms with Crippen LogP contribution in [0, 0.1) is 5.92 Å². The number of carbonyl (C=O) groups is 1. The summed E-state index contributed by atoms with van der Waals surface area (Å²) in [6.45, 7) is 3.99. The van der Waals surface area contributed by atoms with E-state index in [2.05, 4.69) is 16.0 Å². The molecule has 1 aliphatic heterocycles. The minimum absolute atomic E-state index is 0.188. The Hall–Kier alpha value is -1.76. The second kappa shape index (κ2) is 7.68. The number of rotatable bonds is 6. The Morgan fingerprint density at radius 3 is 2.74 bits per heavy atom. The lowest BCUT2D eigenvalue weighted by Gasteiger charge is -2.17. The second-order valence-electron chi connectivity index (χ2n) is 5.72. The molecule has 0 aromatic heterocycles. The highest BCUT2D eigenvalue weighted by atomic mass is 19.4. The Morgan fingerprint density at radius 1 is 1.35 bits per heavy atom. The molecule has 0 bridgehead atoms. The molecule has 1 atom stereocenters. The largest absolute Gasteiger partial charge is 0.416 e. The number of hydrogen-bond donors (Lipinski definition) is 3. The third-order valence-corrected chi connectivity index (χ3v) is 3.88. The molecule has 0 saturated carbocycles. The molecule has 3 N–H and O–H groups in total. The molecule has 1 aromatic carbocycles. The molecule has 128 valence electrons. The van der Waals surface area contributed by atoms with Gasteiger partial charge in [0.1, 0.15) is 0 Å². The maximum atomic E-state index is 12.9. The number of amides is 1. The first-order valence-electron chi connectivity index (χ1n) is 7.88. The Bertz CT molecular complexity index is 540. The highest BCUT2D eigenvalue weighted by Crippen LogP contribution is 2.34. The van der Waals surface area contributed by atoms with E-state index in [9.17, 15) is 18.0 Å². The molecule has 0 radical (unpaired) electrons. The van der Waals surface area contributed by atoms with E-state index >= 15 is 0 Å². The van der Waals surface area contributed by atoms with Crippen LogP contribution in [0.1, 0.15) is 31.7 Å². The highest BCUT2D eigenvalue weighted by molar-refractivity contribution is 5.96. The molecule has 1 saturated heterocycles. The fraction of sp³-hybridized carbons (Fsp3) is 0.562. The van der Waals surface area contributed by atoms with E-state index in [1.165, 1.54) is 6.07 Å². The van der Waals surface area contributed by atoms with Gasteiger partial charge in [0.25, 0.3) is 0 Å². The summed E-state index contributed by atoms with van der Waals surface area (Å²) in [7, 11) is 0. The van der Waals surface area contributed by atoms with E-state index in [0.717, 1.165) is 31.5 Å². The lowest BCUT2D eigenvalue weighted by atomic mass is 10.1. The summed E-state index contributed by atoms with van der Waals surface area (Å²) < 4.78 is 38.7. The van der Waals surface area contributed by atoms with Crippen LogP contribution >= 0.6 is 0 Å². The summed E-state index contributed by atoms with van der Waals surface area (Å²) in [6, 6.07) is 3.40. The van der Waals surface area contributed by atoms with E-state index in [0.29, 0.717) is 25.2 Å². The maximum Gasteiger partial charge on any atom is 0.416 e. The fourth-order valence-corrected chi connectivity index (χ4v) is 2.49. The molecule has 4 nitrogen and oxygen atoms in total. The first-order valence-corrected chi connectivity index (χ1v) is 7.88. The smallest absolute Gasteiger partial charge is 0.383 e. The number of alkyl halides is 3. The Morgan fingerprint density at radius 2 is 2.13 bits per heavy atom. The van der Waals surface area contributed by atoms with Crippen molar-refractivity contribution in [1.82, 2.24) is 5.32 Å². The van der Waals surface area contributed by atoms with Gasteiger partial charge in [-0.3, -0.25) is 4.79 Å². The molecule has 1 aromatic rings. The molecule has 1 unspecified atom stereocenters.